The van der Waals surface area contributed by atoms with E-state index >= 15 is 0 Å². The number of aromatic nitrogens is 1. The molecule has 0 saturated heterocycles. The predicted molar refractivity (Wildman–Crippen MR) is 64.5 cm³/mol. The number of hydrogen-bond donors (Lipinski definition) is 2. The third-order valence-corrected chi connectivity index (χ3v) is 2.88. The van der Waals surface area contributed by atoms with Crippen molar-refractivity contribution in [2.45, 2.75) is 39.2 Å². The minimum Gasteiger partial charge on any atom is -0.357 e. The summed E-state index contributed by atoms with van der Waals surface area (Å²) in [5, 5.41) is 6.12. The number of nitrogens with one attached hydrogen (secondary N) is 2. The Morgan fingerprint density at radius 1 is 1.50 bits per heavy atom. The molecular weight excluding hydrogens is 202 g/mol. The monoisotopic (exact) mass is 219 g/mol. The summed E-state index contributed by atoms with van der Waals surface area (Å²) in [5.74, 6) is 0.845. The molecule has 1 aromatic heterocycles. The van der Waals surface area contributed by atoms with E-state index in [1.54, 1.807) is 6.20 Å². The maximum absolute atomic E-state index is 11.8. The van der Waals surface area contributed by atoms with Crippen molar-refractivity contribution in [3.63, 3.8) is 0 Å². The van der Waals surface area contributed by atoms with E-state index < -0.39 is 0 Å². The highest BCUT2D eigenvalue weighted by Gasteiger charge is 2.26. The quantitative estimate of drug-likeness (QED) is 0.820. The van der Waals surface area contributed by atoms with Gasteiger partial charge in [0.2, 0.25) is 5.91 Å². The fourth-order valence-corrected chi connectivity index (χ4v) is 1.88. The first-order chi connectivity index (χ1) is 7.72. The lowest BCUT2D eigenvalue weighted by Gasteiger charge is -2.26. The van der Waals surface area contributed by atoms with Crippen LogP contribution in [0.5, 0.6) is 0 Å². The number of unbranched alkanes of at least 4 members (excludes halogenated alkanes) is 1. The lowest BCUT2D eigenvalue weighted by molar-refractivity contribution is -0.117. The van der Waals surface area contributed by atoms with Gasteiger partial charge in [-0.05, 0) is 25.0 Å². The topological polar surface area (TPSA) is 54.0 Å². The number of hydrogen-bond acceptors (Lipinski definition) is 3. The number of aryl methyl sites for hydroxylation is 1. The molecule has 4 heteroatoms. The van der Waals surface area contributed by atoms with Crippen LogP contribution in [0.3, 0.4) is 0 Å². The average molecular weight is 219 g/mol. The second-order valence-electron chi connectivity index (χ2n) is 4.18. The summed E-state index contributed by atoms with van der Waals surface area (Å²) in [5.41, 5.74) is 1.86. The fourth-order valence-electron chi connectivity index (χ4n) is 1.88. The van der Waals surface area contributed by atoms with Gasteiger partial charge in [0.15, 0.2) is 5.82 Å². The van der Waals surface area contributed by atoms with E-state index in [2.05, 4.69) is 22.5 Å². The summed E-state index contributed by atoms with van der Waals surface area (Å²) >= 11 is 0. The Morgan fingerprint density at radius 2 is 2.31 bits per heavy atom. The Labute approximate surface area is 95.5 Å². The van der Waals surface area contributed by atoms with E-state index in [0.717, 1.165) is 36.3 Å². The van der Waals surface area contributed by atoms with Crippen LogP contribution in [0.15, 0.2) is 12.3 Å². The molecule has 0 bridgehead atoms. The van der Waals surface area contributed by atoms with Gasteiger partial charge in [0.25, 0.3) is 0 Å². The summed E-state index contributed by atoms with van der Waals surface area (Å²) in [4.78, 5) is 16.1. The standard InChI is InChI=1S/C12H17N3O/c1-3-4-5-9-12(16)15-10-8(2)6-7-13-11(10)14-9/h6-7,9H,3-5H2,1-2H3,(H,13,14)(H,15,16). The van der Waals surface area contributed by atoms with E-state index in [4.69, 9.17) is 0 Å². The van der Waals surface area contributed by atoms with Gasteiger partial charge in [-0.3, -0.25) is 4.79 Å². The first-order valence-corrected chi connectivity index (χ1v) is 5.75. The lowest BCUT2D eigenvalue weighted by Crippen LogP contribution is -2.39. The van der Waals surface area contributed by atoms with Gasteiger partial charge in [0.05, 0.1) is 5.69 Å². The van der Waals surface area contributed by atoms with Crippen molar-refractivity contribution in [2.24, 2.45) is 0 Å². The van der Waals surface area contributed by atoms with Crippen molar-refractivity contribution in [3.05, 3.63) is 17.8 Å². The molecule has 0 spiro atoms. The molecule has 1 aromatic rings. The number of nitrogens with zero attached hydrogens (tertiary/aromatic N) is 1. The van der Waals surface area contributed by atoms with Gasteiger partial charge < -0.3 is 10.6 Å². The van der Waals surface area contributed by atoms with Gasteiger partial charge in [-0.15, -0.1) is 0 Å². The van der Waals surface area contributed by atoms with Crippen LogP contribution in [0.1, 0.15) is 31.7 Å². The number of carbonyl (C=O) groups excluding carboxylic acids is 1. The van der Waals surface area contributed by atoms with Crippen LogP contribution in [-0.2, 0) is 4.79 Å². The summed E-state index contributed by atoms with van der Waals surface area (Å²) in [6, 6.07) is 1.76. The Hall–Kier alpha value is -1.58. The van der Waals surface area contributed by atoms with Gasteiger partial charge in [0, 0.05) is 6.20 Å². The molecule has 1 amide bonds. The van der Waals surface area contributed by atoms with E-state index in [1.807, 2.05) is 13.0 Å². The zero-order valence-electron chi connectivity index (χ0n) is 9.71. The predicted octanol–water partition coefficient (Wildman–Crippen LogP) is 2.31. The molecule has 1 aliphatic rings. The molecule has 0 aromatic carbocycles. The molecule has 2 heterocycles. The minimum absolute atomic E-state index is 0.0528. The summed E-state index contributed by atoms with van der Waals surface area (Å²) in [6.07, 6.45) is 4.76. The number of carbonyl (C=O) groups is 1. The molecule has 0 fully saturated rings. The highest BCUT2D eigenvalue weighted by molar-refractivity contribution is 6.02. The normalized spacial score (nSPS) is 18.6. The molecule has 0 saturated carbocycles. The van der Waals surface area contributed by atoms with Crippen LogP contribution in [-0.4, -0.2) is 16.9 Å². The maximum Gasteiger partial charge on any atom is 0.247 e. The van der Waals surface area contributed by atoms with Crippen molar-refractivity contribution in [2.75, 3.05) is 10.6 Å². The van der Waals surface area contributed by atoms with Gasteiger partial charge in [-0.2, -0.15) is 0 Å². The van der Waals surface area contributed by atoms with Crippen molar-refractivity contribution >= 4 is 17.4 Å². The molecule has 86 valence electrons. The van der Waals surface area contributed by atoms with Gasteiger partial charge in [-0.1, -0.05) is 19.8 Å². The molecule has 2 rings (SSSR count). The Balaban J connectivity index is 2.19. The second kappa shape index (κ2) is 4.51. The van der Waals surface area contributed by atoms with Crippen LogP contribution < -0.4 is 10.6 Å². The fraction of sp³-hybridized carbons (Fsp3) is 0.500. The molecule has 16 heavy (non-hydrogen) atoms. The molecule has 0 aliphatic carbocycles. The number of anilines is 2. The summed E-state index contributed by atoms with van der Waals surface area (Å²) < 4.78 is 0. The van der Waals surface area contributed by atoms with E-state index in [1.165, 1.54) is 0 Å². The number of amides is 1. The van der Waals surface area contributed by atoms with E-state index in [-0.39, 0.29) is 11.9 Å². The van der Waals surface area contributed by atoms with Crippen LogP contribution >= 0.6 is 0 Å². The highest BCUT2D eigenvalue weighted by Crippen LogP contribution is 2.28. The van der Waals surface area contributed by atoms with Gasteiger partial charge in [-0.25, -0.2) is 4.98 Å². The van der Waals surface area contributed by atoms with Crippen LogP contribution in [0, 0.1) is 6.92 Å². The van der Waals surface area contributed by atoms with Crippen LogP contribution in [0.25, 0.3) is 0 Å². The first kappa shape index (κ1) is 10.9. The number of rotatable bonds is 3. The third-order valence-electron chi connectivity index (χ3n) is 2.88. The molecule has 0 radical (unpaired) electrons. The zero-order chi connectivity index (χ0) is 11.5. The Bertz CT molecular complexity index is 403. The number of fused-ring (bicyclic) bond motifs is 1. The summed E-state index contributed by atoms with van der Waals surface area (Å²) in [6.45, 7) is 4.09. The SMILES string of the molecule is CCCCC1Nc2nccc(C)c2NC1=O. The van der Waals surface area contributed by atoms with Crippen molar-refractivity contribution in [3.8, 4) is 0 Å². The molecule has 1 atom stereocenters. The van der Waals surface area contributed by atoms with Crippen LogP contribution in [0.2, 0.25) is 0 Å². The molecule has 2 N–H and O–H groups in total. The van der Waals surface area contributed by atoms with Gasteiger partial charge >= 0.3 is 0 Å². The van der Waals surface area contributed by atoms with Crippen LogP contribution in [0.4, 0.5) is 11.5 Å². The third kappa shape index (κ3) is 2.01. The molecule has 1 unspecified atom stereocenters. The van der Waals surface area contributed by atoms with E-state index in [9.17, 15) is 4.79 Å². The largest absolute Gasteiger partial charge is 0.357 e. The highest BCUT2D eigenvalue weighted by atomic mass is 16.2. The van der Waals surface area contributed by atoms with Gasteiger partial charge in [0.1, 0.15) is 6.04 Å². The first-order valence-electron chi connectivity index (χ1n) is 5.75. The summed E-state index contributed by atoms with van der Waals surface area (Å²) in [7, 11) is 0. The molecule has 4 nitrogen and oxygen atoms in total. The lowest BCUT2D eigenvalue weighted by atomic mass is 10.1. The molecule has 1 aliphatic heterocycles. The average Bonchev–Trinajstić information content (AvgIpc) is 2.28. The Morgan fingerprint density at radius 3 is 3.06 bits per heavy atom. The smallest absolute Gasteiger partial charge is 0.247 e. The zero-order valence-corrected chi connectivity index (χ0v) is 9.71. The number of pyridine rings is 1. The van der Waals surface area contributed by atoms with E-state index in [0.29, 0.717) is 0 Å². The molecular formula is C12H17N3O. The van der Waals surface area contributed by atoms with Crippen molar-refractivity contribution < 1.29 is 4.79 Å². The Kier molecular flexibility index (Phi) is 3.08. The van der Waals surface area contributed by atoms with Crippen molar-refractivity contribution in [1.82, 2.24) is 4.98 Å². The van der Waals surface area contributed by atoms with Crippen molar-refractivity contribution in [1.29, 1.82) is 0 Å². The minimum atomic E-state index is -0.137. The maximum atomic E-state index is 11.8. The second-order valence-corrected chi connectivity index (χ2v) is 4.18.